The number of methoxy groups -OCH3 is 1. The van der Waals surface area contributed by atoms with Crippen LogP contribution in [0.15, 0.2) is 48.5 Å². The Kier molecular flexibility index (Phi) is 6.77. The minimum absolute atomic E-state index is 0.121. The van der Waals surface area contributed by atoms with Crippen molar-refractivity contribution in [2.45, 2.75) is 6.04 Å². The normalized spacial score (nSPS) is 11.9. The van der Waals surface area contributed by atoms with Gasteiger partial charge in [0.05, 0.1) is 13.2 Å². The highest BCUT2D eigenvalue weighted by atomic mass is 19.1. The minimum atomic E-state index is -0.296. The molecule has 0 saturated carbocycles. The van der Waals surface area contributed by atoms with E-state index >= 15 is 0 Å². The molecule has 0 heterocycles. The molecule has 0 aliphatic rings. The van der Waals surface area contributed by atoms with Crippen molar-refractivity contribution < 1.29 is 18.7 Å². The molecule has 0 aliphatic heterocycles. The molecule has 25 heavy (non-hydrogen) atoms. The molecule has 2 aromatic carbocycles. The number of halogens is 1. The number of ether oxygens (including phenoxy) is 2. The summed E-state index contributed by atoms with van der Waals surface area (Å²) < 4.78 is 24.1. The zero-order chi connectivity index (χ0) is 18.2. The summed E-state index contributed by atoms with van der Waals surface area (Å²) in [7, 11) is 5.31. The zero-order valence-corrected chi connectivity index (χ0v) is 14.7. The maximum atomic E-state index is 13.4. The van der Waals surface area contributed by atoms with Gasteiger partial charge in [0.2, 0.25) is 0 Å². The summed E-state index contributed by atoms with van der Waals surface area (Å²) in [6.07, 6.45) is 0. The van der Waals surface area contributed by atoms with Crippen molar-refractivity contribution in [1.29, 1.82) is 0 Å². The summed E-state index contributed by atoms with van der Waals surface area (Å²) in [5.41, 5.74) is 0.802. The van der Waals surface area contributed by atoms with E-state index in [0.29, 0.717) is 18.0 Å². The standard InChI is InChI=1S/C19H23FN2O3/c1-22(2)16(14-7-6-8-15(20)11-14)12-21-19(23)13-25-18-10-5-4-9-17(18)24-3/h4-11,16H,12-13H2,1-3H3,(H,21,23). The van der Waals surface area contributed by atoms with Gasteiger partial charge in [0.1, 0.15) is 5.82 Å². The molecule has 5 nitrogen and oxygen atoms in total. The van der Waals surface area contributed by atoms with Crippen molar-refractivity contribution in [2.24, 2.45) is 0 Å². The second-order valence-electron chi connectivity index (χ2n) is 5.78. The summed E-state index contributed by atoms with van der Waals surface area (Å²) in [5.74, 6) is 0.528. The Bertz CT molecular complexity index is 707. The van der Waals surface area contributed by atoms with E-state index in [9.17, 15) is 9.18 Å². The summed E-state index contributed by atoms with van der Waals surface area (Å²) in [5, 5.41) is 2.82. The average Bonchev–Trinajstić information content (AvgIpc) is 2.60. The number of hydrogen-bond donors (Lipinski definition) is 1. The van der Waals surface area contributed by atoms with Crippen LogP contribution in [0, 0.1) is 5.82 Å². The predicted octanol–water partition coefficient (Wildman–Crippen LogP) is 2.63. The molecular weight excluding hydrogens is 323 g/mol. The van der Waals surface area contributed by atoms with Gasteiger partial charge >= 0.3 is 0 Å². The molecular formula is C19H23FN2O3. The van der Waals surface area contributed by atoms with Gasteiger partial charge in [0.25, 0.3) is 5.91 Å². The molecule has 0 spiro atoms. The predicted molar refractivity (Wildman–Crippen MR) is 94.3 cm³/mol. The van der Waals surface area contributed by atoms with E-state index in [4.69, 9.17) is 9.47 Å². The van der Waals surface area contributed by atoms with Gasteiger partial charge in [-0.1, -0.05) is 24.3 Å². The Hall–Kier alpha value is -2.60. The van der Waals surface area contributed by atoms with Gasteiger partial charge in [-0.2, -0.15) is 0 Å². The highest BCUT2D eigenvalue weighted by Crippen LogP contribution is 2.25. The second kappa shape index (κ2) is 9.03. The van der Waals surface area contributed by atoms with E-state index < -0.39 is 0 Å². The van der Waals surface area contributed by atoms with Gasteiger partial charge in [0.15, 0.2) is 18.1 Å². The van der Waals surface area contributed by atoms with Gasteiger partial charge in [-0.15, -0.1) is 0 Å². The molecule has 1 atom stereocenters. The third-order valence-electron chi connectivity index (χ3n) is 3.78. The fraction of sp³-hybridized carbons (Fsp3) is 0.316. The smallest absolute Gasteiger partial charge is 0.258 e. The molecule has 1 unspecified atom stereocenters. The van der Waals surface area contributed by atoms with Crippen molar-refractivity contribution in [1.82, 2.24) is 10.2 Å². The van der Waals surface area contributed by atoms with Crippen LogP contribution >= 0.6 is 0 Å². The van der Waals surface area contributed by atoms with Gasteiger partial charge < -0.3 is 19.7 Å². The summed E-state index contributed by atoms with van der Waals surface area (Å²) in [4.78, 5) is 14.0. The van der Waals surface area contributed by atoms with Crippen molar-refractivity contribution in [3.63, 3.8) is 0 Å². The number of rotatable bonds is 8. The van der Waals surface area contributed by atoms with Crippen molar-refractivity contribution in [3.8, 4) is 11.5 Å². The lowest BCUT2D eigenvalue weighted by Crippen LogP contribution is -2.36. The van der Waals surface area contributed by atoms with Gasteiger partial charge in [-0.3, -0.25) is 4.79 Å². The molecule has 2 rings (SSSR count). The van der Waals surface area contributed by atoms with E-state index in [1.54, 1.807) is 25.3 Å². The number of para-hydroxylation sites is 2. The lowest BCUT2D eigenvalue weighted by molar-refractivity contribution is -0.123. The van der Waals surface area contributed by atoms with Crippen LogP contribution in [-0.2, 0) is 4.79 Å². The van der Waals surface area contributed by atoms with Crippen LogP contribution in [-0.4, -0.2) is 45.2 Å². The second-order valence-corrected chi connectivity index (χ2v) is 5.78. The number of carbonyl (C=O) groups is 1. The van der Waals surface area contributed by atoms with E-state index in [-0.39, 0.29) is 24.4 Å². The molecule has 0 radical (unpaired) electrons. The third-order valence-corrected chi connectivity index (χ3v) is 3.78. The topological polar surface area (TPSA) is 50.8 Å². The van der Waals surface area contributed by atoms with Crippen LogP contribution in [0.25, 0.3) is 0 Å². The highest BCUT2D eigenvalue weighted by Gasteiger charge is 2.16. The number of carbonyl (C=O) groups excluding carboxylic acids is 1. The summed E-state index contributed by atoms with van der Waals surface area (Å²) in [6, 6.07) is 13.4. The quantitative estimate of drug-likeness (QED) is 0.798. The van der Waals surface area contributed by atoms with Gasteiger partial charge in [-0.25, -0.2) is 4.39 Å². The first kappa shape index (κ1) is 18.7. The van der Waals surface area contributed by atoms with Crippen LogP contribution in [0.3, 0.4) is 0 Å². The van der Waals surface area contributed by atoms with Crippen molar-refractivity contribution in [3.05, 3.63) is 59.9 Å². The number of likely N-dealkylation sites (N-methyl/N-ethyl adjacent to an activating group) is 1. The molecule has 6 heteroatoms. The number of nitrogens with one attached hydrogen (secondary N) is 1. The first-order chi connectivity index (χ1) is 12.0. The van der Waals surface area contributed by atoms with Crippen molar-refractivity contribution >= 4 is 5.91 Å². The van der Waals surface area contributed by atoms with Crippen LogP contribution < -0.4 is 14.8 Å². The largest absolute Gasteiger partial charge is 0.493 e. The third kappa shape index (κ3) is 5.46. The van der Waals surface area contributed by atoms with Gasteiger partial charge in [-0.05, 0) is 43.9 Å². The van der Waals surface area contributed by atoms with Crippen molar-refractivity contribution in [2.75, 3.05) is 34.4 Å². The molecule has 1 amide bonds. The Labute approximate surface area is 147 Å². The Morgan fingerprint density at radius 3 is 2.52 bits per heavy atom. The molecule has 0 saturated heterocycles. The van der Waals surface area contributed by atoms with Crippen LogP contribution in [0.1, 0.15) is 11.6 Å². The van der Waals surface area contributed by atoms with E-state index in [0.717, 1.165) is 5.56 Å². The molecule has 0 fully saturated rings. The van der Waals surface area contributed by atoms with E-state index in [1.165, 1.54) is 12.1 Å². The lowest BCUT2D eigenvalue weighted by atomic mass is 10.1. The maximum absolute atomic E-state index is 13.4. The average molecular weight is 346 g/mol. The molecule has 134 valence electrons. The summed E-state index contributed by atoms with van der Waals surface area (Å²) >= 11 is 0. The number of amides is 1. The SMILES string of the molecule is COc1ccccc1OCC(=O)NCC(c1cccc(F)c1)N(C)C. The molecule has 0 aliphatic carbocycles. The molecule has 2 aromatic rings. The lowest BCUT2D eigenvalue weighted by Gasteiger charge is -2.25. The first-order valence-electron chi connectivity index (χ1n) is 7.95. The molecule has 1 N–H and O–H groups in total. The fourth-order valence-electron chi connectivity index (χ4n) is 2.46. The van der Waals surface area contributed by atoms with Crippen LogP contribution in [0.2, 0.25) is 0 Å². The Morgan fingerprint density at radius 1 is 1.16 bits per heavy atom. The Morgan fingerprint density at radius 2 is 1.88 bits per heavy atom. The number of benzene rings is 2. The Balaban J connectivity index is 1.91. The van der Waals surface area contributed by atoms with Crippen LogP contribution in [0.4, 0.5) is 4.39 Å². The minimum Gasteiger partial charge on any atom is -0.493 e. The first-order valence-corrected chi connectivity index (χ1v) is 7.95. The highest BCUT2D eigenvalue weighted by molar-refractivity contribution is 5.77. The zero-order valence-electron chi connectivity index (χ0n) is 14.7. The monoisotopic (exact) mass is 346 g/mol. The van der Waals surface area contributed by atoms with Crippen LogP contribution in [0.5, 0.6) is 11.5 Å². The van der Waals surface area contributed by atoms with Gasteiger partial charge in [0, 0.05) is 6.54 Å². The van der Waals surface area contributed by atoms with E-state index in [1.807, 2.05) is 37.2 Å². The summed E-state index contributed by atoms with van der Waals surface area (Å²) in [6.45, 7) is 0.230. The molecule has 0 aromatic heterocycles. The van der Waals surface area contributed by atoms with E-state index in [2.05, 4.69) is 5.32 Å². The fourth-order valence-corrected chi connectivity index (χ4v) is 2.46. The maximum Gasteiger partial charge on any atom is 0.258 e. The molecule has 0 bridgehead atoms. The number of nitrogens with zero attached hydrogens (tertiary/aromatic N) is 1. The number of hydrogen-bond acceptors (Lipinski definition) is 4.